The SMILES string of the molecule is COC(=O)c1cc(NC(C)c2ccsc2)ccn1. The summed E-state index contributed by atoms with van der Waals surface area (Å²) < 4.78 is 4.64. The van der Waals surface area contributed by atoms with Gasteiger partial charge in [-0.15, -0.1) is 0 Å². The molecule has 0 spiro atoms. The second kappa shape index (κ2) is 5.64. The van der Waals surface area contributed by atoms with Crippen molar-refractivity contribution >= 4 is 23.0 Å². The topological polar surface area (TPSA) is 51.2 Å². The molecule has 0 aromatic carbocycles. The van der Waals surface area contributed by atoms with Gasteiger partial charge in [0.2, 0.25) is 0 Å². The standard InChI is InChI=1S/C13H14N2O2S/c1-9(10-4-6-18-8-10)15-11-3-5-14-12(7-11)13(16)17-2/h3-9H,1-2H3,(H,14,15). The fourth-order valence-electron chi connectivity index (χ4n) is 1.59. The van der Waals surface area contributed by atoms with Crippen molar-refractivity contribution in [1.82, 2.24) is 4.98 Å². The second-order valence-electron chi connectivity index (χ2n) is 3.84. The van der Waals surface area contributed by atoms with Crippen LogP contribution in [0.2, 0.25) is 0 Å². The summed E-state index contributed by atoms with van der Waals surface area (Å²) in [5, 5.41) is 7.46. The van der Waals surface area contributed by atoms with E-state index in [0.29, 0.717) is 5.69 Å². The van der Waals surface area contributed by atoms with E-state index in [9.17, 15) is 4.79 Å². The van der Waals surface area contributed by atoms with Crippen LogP contribution in [0.25, 0.3) is 0 Å². The Morgan fingerprint density at radius 3 is 3.00 bits per heavy atom. The van der Waals surface area contributed by atoms with Gasteiger partial charge in [0.1, 0.15) is 5.69 Å². The molecule has 0 saturated carbocycles. The molecule has 1 N–H and O–H groups in total. The minimum atomic E-state index is -0.429. The van der Waals surface area contributed by atoms with E-state index in [2.05, 4.69) is 33.4 Å². The Kier molecular flexibility index (Phi) is 3.94. The van der Waals surface area contributed by atoms with Gasteiger partial charge < -0.3 is 10.1 Å². The van der Waals surface area contributed by atoms with Crippen LogP contribution in [-0.4, -0.2) is 18.1 Å². The molecule has 0 aliphatic rings. The van der Waals surface area contributed by atoms with Gasteiger partial charge in [-0.05, 0) is 41.4 Å². The number of hydrogen-bond acceptors (Lipinski definition) is 5. The summed E-state index contributed by atoms with van der Waals surface area (Å²) in [6, 6.07) is 5.78. The fourth-order valence-corrected chi connectivity index (χ4v) is 2.35. The summed E-state index contributed by atoms with van der Waals surface area (Å²) in [5.41, 5.74) is 2.38. The van der Waals surface area contributed by atoms with E-state index < -0.39 is 5.97 Å². The maximum atomic E-state index is 11.4. The second-order valence-corrected chi connectivity index (χ2v) is 4.62. The van der Waals surface area contributed by atoms with E-state index in [0.717, 1.165) is 5.69 Å². The Hall–Kier alpha value is -1.88. The lowest BCUT2D eigenvalue weighted by Gasteiger charge is -2.14. The molecule has 4 nitrogen and oxygen atoms in total. The number of carbonyl (C=O) groups is 1. The van der Waals surface area contributed by atoms with Gasteiger partial charge in [0.05, 0.1) is 7.11 Å². The lowest BCUT2D eigenvalue weighted by atomic mass is 10.1. The average Bonchev–Trinajstić information content (AvgIpc) is 2.92. The number of carbonyl (C=O) groups excluding carboxylic acids is 1. The zero-order valence-corrected chi connectivity index (χ0v) is 11.0. The van der Waals surface area contributed by atoms with Crippen molar-refractivity contribution in [3.63, 3.8) is 0 Å². The Morgan fingerprint density at radius 2 is 2.33 bits per heavy atom. The van der Waals surface area contributed by atoms with Crippen LogP contribution < -0.4 is 5.32 Å². The van der Waals surface area contributed by atoms with Gasteiger partial charge in [-0.25, -0.2) is 9.78 Å². The molecule has 0 amide bonds. The van der Waals surface area contributed by atoms with Crippen LogP contribution in [0.3, 0.4) is 0 Å². The van der Waals surface area contributed by atoms with Gasteiger partial charge in [-0.3, -0.25) is 0 Å². The molecule has 2 rings (SSSR count). The molecule has 1 unspecified atom stereocenters. The summed E-state index contributed by atoms with van der Waals surface area (Å²) >= 11 is 1.66. The normalized spacial score (nSPS) is 11.9. The Morgan fingerprint density at radius 1 is 1.50 bits per heavy atom. The third kappa shape index (κ3) is 2.87. The molecule has 18 heavy (non-hydrogen) atoms. The molecule has 0 aliphatic carbocycles. The molecule has 0 bridgehead atoms. The van der Waals surface area contributed by atoms with Crippen LogP contribution in [0, 0.1) is 0 Å². The van der Waals surface area contributed by atoms with E-state index >= 15 is 0 Å². The van der Waals surface area contributed by atoms with E-state index in [1.165, 1.54) is 12.7 Å². The van der Waals surface area contributed by atoms with Crippen molar-refractivity contribution in [1.29, 1.82) is 0 Å². The molecule has 0 saturated heterocycles. The lowest BCUT2D eigenvalue weighted by Crippen LogP contribution is -2.08. The monoisotopic (exact) mass is 262 g/mol. The Bertz CT molecular complexity index is 526. The highest BCUT2D eigenvalue weighted by Crippen LogP contribution is 2.21. The van der Waals surface area contributed by atoms with Gasteiger partial charge in [-0.1, -0.05) is 0 Å². The zero-order valence-electron chi connectivity index (χ0n) is 10.2. The number of pyridine rings is 1. The van der Waals surface area contributed by atoms with Gasteiger partial charge in [0.15, 0.2) is 0 Å². The Balaban J connectivity index is 2.12. The molecule has 1 atom stereocenters. The fraction of sp³-hybridized carbons (Fsp3) is 0.231. The van der Waals surface area contributed by atoms with E-state index in [1.54, 1.807) is 23.6 Å². The quantitative estimate of drug-likeness (QED) is 0.860. The first kappa shape index (κ1) is 12.6. The number of rotatable bonds is 4. The highest BCUT2D eigenvalue weighted by molar-refractivity contribution is 7.07. The first-order valence-electron chi connectivity index (χ1n) is 5.53. The smallest absolute Gasteiger partial charge is 0.356 e. The third-order valence-corrected chi connectivity index (χ3v) is 3.28. The van der Waals surface area contributed by atoms with Crippen molar-refractivity contribution in [2.75, 3.05) is 12.4 Å². The first-order chi connectivity index (χ1) is 8.70. The Labute approximate surface area is 110 Å². The number of ether oxygens (including phenoxy) is 1. The van der Waals surface area contributed by atoms with Crippen molar-refractivity contribution < 1.29 is 9.53 Å². The zero-order chi connectivity index (χ0) is 13.0. The van der Waals surface area contributed by atoms with Crippen molar-refractivity contribution in [2.45, 2.75) is 13.0 Å². The number of nitrogens with one attached hydrogen (secondary N) is 1. The van der Waals surface area contributed by atoms with E-state index in [1.807, 2.05) is 11.4 Å². The molecule has 0 fully saturated rings. The van der Waals surface area contributed by atoms with Crippen LogP contribution >= 0.6 is 11.3 Å². The predicted molar refractivity (Wildman–Crippen MR) is 71.9 cm³/mol. The molecule has 2 heterocycles. The number of aromatic nitrogens is 1. The molecule has 0 aliphatic heterocycles. The molecular formula is C13H14N2O2S. The van der Waals surface area contributed by atoms with Gasteiger partial charge in [0, 0.05) is 17.9 Å². The molecule has 2 aromatic heterocycles. The number of hydrogen-bond donors (Lipinski definition) is 1. The highest BCUT2D eigenvalue weighted by atomic mass is 32.1. The average molecular weight is 262 g/mol. The van der Waals surface area contributed by atoms with Crippen molar-refractivity contribution in [3.05, 3.63) is 46.4 Å². The van der Waals surface area contributed by atoms with E-state index in [-0.39, 0.29) is 6.04 Å². The lowest BCUT2D eigenvalue weighted by molar-refractivity contribution is 0.0594. The molecule has 94 valence electrons. The van der Waals surface area contributed by atoms with Crippen molar-refractivity contribution in [2.24, 2.45) is 0 Å². The molecular weight excluding hydrogens is 248 g/mol. The van der Waals surface area contributed by atoms with Gasteiger partial charge in [0.25, 0.3) is 0 Å². The van der Waals surface area contributed by atoms with Crippen LogP contribution in [0.15, 0.2) is 35.2 Å². The predicted octanol–water partition coefficient (Wildman–Crippen LogP) is 3.10. The molecule has 2 aromatic rings. The largest absolute Gasteiger partial charge is 0.464 e. The number of nitrogens with zero attached hydrogens (tertiary/aromatic N) is 1. The molecule has 0 radical (unpaired) electrons. The van der Waals surface area contributed by atoms with Crippen LogP contribution in [0.5, 0.6) is 0 Å². The summed E-state index contributed by atoms with van der Waals surface area (Å²) in [6.07, 6.45) is 1.59. The minimum absolute atomic E-state index is 0.184. The summed E-state index contributed by atoms with van der Waals surface area (Å²) in [6.45, 7) is 2.07. The number of thiophene rings is 1. The minimum Gasteiger partial charge on any atom is -0.464 e. The van der Waals surface area contributed by atoms with Crippen LogP contribution in [-0.2, 0) is 4.74 Å². The van der Waals surface area contributed by atoms with Crippen LogP contribution in [0.4, 0.5) is 5.69 Å². The van der Waals surface area contributed by atoms with Crippen LogP contribution in [0.1, 0.15) is 29.0 Å². The first-order valence-corrected chi connectivity index (χ1v) is 6.48. The number of esters is 1. The maximum Gasteiger partial charge on any atom is 0.356 e. The van der Waals surface area contributed by atoms with Crippen molar-refractivity contribution in [3.8, 4) is 0 Å². The number of methoxy groups -OCH3 is 1. The highest BCUT2D eigenvalue weighted by Gasteiger charge is 2.10. The summed E-state index contributed by atoms with van der Waals surface area (Å²) in [5.74, 6) is -0.429. The summed E-state index contributed by atoms with van der Waals surface area (Å²) in [4.78, 5) is 15.3. The molecule has 5 heteroatoms. The van der Waals surface area contributed by atoms with Gasteiger partial charge >= 0.3 is 5.97 Å². The van der Waals surface area contributed by atoms with Gasteiger partial charge in [-0.2, -0.15) is 11.3 Å². The maximum absolute atomic E-state index is 11.4. The third-order valence-electron chi connectivity index (χ3n) is 2.58. The van der Waals surface area contributed by atoms with E-state index in [4.69, 9.17) is 0 Å². The number of anilines is 1. The summed E-state index contributed by atoms with van der Waals surface area (Å²) in [7, 11) is 1.35.